The minimum Gasteiger partial charge on any atom is -0.495 e. The molecule has 0 amide bonds. The Balaban J connectivity index is 1.97. The Labute approximate surface area is 150 Å². The lowest BCUT2D eigenvalue weighted by Gasteiger charge is -2.13. The van der Waals surface area contributed by atoms with Crippen LogP contribution in [0.4, 0.5) is 5.69 Å². The maximum Gasteiger partial charge on any atom is 0.265 e. The van der Waals surface area contributed by atoms with Gasteiger partial charge >= 0.3 is 0 Å². The molecule has 0 saturated carbocycles. The molecule has 0 aliphatic rings. The Morgan fingerprint density at radius 1 is 1.16 bits per heavy atom. The molecule has 3 aromatic rings. The molecule has 0 saturated heterocycles. The van der Waals surface area contributed by atoms with Gasteiger partial charge in [-0.1, -0.05) is 22.8 Å². The lowest BCUT2D eigenvalue weighted by molar-refractivity contribution is 0.402. The van der Waals surface area contributed by atoms with Crippen LogP contribution in [0.1, 0.15) is 5.56 Å². The number of benzene rings is 2. The van der Waals surface area contributed by atoms with E-state index in [-0.39, 0.29) is 10.6 Å². The summed E-state index contributed by atoms with van der Waals surface area (Å²) >= 11 is 6.05. The third-order valence-electron chi connectivity index (χ3n) is 3.60. The standard InChI is InChI=1S/C17H15ClN2O4S/c1-11-3-5-13(10-14(11)18)20-25(21,22)17-6-4-12(9-16(17)23-2)15-7-8-19-24-15/h3-10,20H,1-2H3. The SMILES string of the molecule is COc1cc(-c2ccno2)ccc1S(=O)(=O)Nc1ccc(C)c(Cl)c1. The molecule has 1 N–H and O–H groups in total. The van der Waals surface area contributed by atoms with Gasteiger partial charge in [-0.25, -0.2) is 8.42 Å². The van der Waals surface area contributed by atoms with Crippen molar-refractivity contribution >= 4 is 27.3 Å². The first-order valence-electron chi connectivity index (χ1n) is 7.29. The van der Waals surface area contributed by atoms with E-state index in [0.717, 1.165) is 5.56 Å². The number of rotatable bonds is 5. The third-order valence-corrected chi connectivity index (χ3v) is 5.43. The van der Waals surface area contributed by atoms with Crippen LogP contribution in [0.2, 0.25) is 5.02 Å². The number of halogens is 1. The minimum absolute atomic E-state index is 0.00922. The third kappa shape index (κ3) is 3.62. The van der Waals surface area contributed by atoms with Gasteiger partial charge in [0, 0.05) is 16.7 Å². The second kappa shape index (κ2) is 6.78. The maximum atomic E-state index is 12.7. The summed E-state index contributed by atoms with van der Waals surface area (Å²) in [6, 6.07) is 11.3. The number of nitrogens with zero attached hydrogens (tertiary/aromatic N) is 1. The van der Waals surface area contributed by atoms with Gasteiger partial charge in [0.25, 0.3) is 10.0 Å². The van der Waals surface area contributed by atoms with Crippen molar-refractivity contribution in [2.45, 2.75) is 11.8 Å². The zero-order valence-corrected chi connectivity index (χ0v) is 15.1. The van der Waals surface area contributed by atoms with Crippen molar-refractivity contribution in [1.29, 1.82) is 0 Å². The highest BCUT2D eigenvalue weighted by Gasteiger charge is 2.21. The van der Waals surface area contributed by atoms with E-state index < -0.39 is 10.0 Å². The molecule has 0 aliphatic carbocycles. The van der Waals surface area contributed by atoms with Crippen molar-refractivity contribution in [2.24, 2.45) is 0 Å². The minimum atomic E-state index is -3.85. The van der Waals surface area contributed by atoms with Crippen molar-refractivity contribution < 1.29 is 17.7 Å². The van der Waals surface area contributed by atoms with Crippen LogP contribution in [0, 0.1) is 6.92 Å². The molecule has 2 aromatic carbocycles. The van der Waals surface area contributed by atoms with Gasteiger partial charge in [0.2, 0.25) is 0 Å². The highest BCUT2D eigenvalue weighted by molar-refractivity contribution is 7.92. The predicted octanol–water partition coefficient (Wildman–Crippen LogP) is 4.11. The molecular weight excluding hydrogens is 364 g/mol. The molecule has 1 heterocycles. The topological polar surface area (TPSA) is 81.4 Å². The van der Waals surface area contributed by atoms with Crippen LogP contribution in [0.15, 0.2) is 58.1 Å². The molecular formula is C17H15ClN2O4S. The number of hydrogen-bond acceptors (Lipinski definition) is 5. The van der Waals surface area contributed by atoms with Crippen LogP contribution < -0.4 is 9.46 Å². The molecule has 0 radical (unpaired) electrons. The van der Waals surface area contributed by atoms with Gasteiger partial charge in [-0.2, -0.15) is 0 Å². The fourth-order valence-corrected chi connectivity index (χ4v) is 3.66. The number of hydrogen-bond donors (Lipinski definition) is 1. The van der Waals surface area contributed by atoms with Gasteiger partial charge in [-0.3, -0.25) is 4.72 Å². The first-order valence-corrected chi connectivity index (χ1v) is 9.15. The van der Waals surface area contributed by atoms with Crippen molar-refractivity contribution in [3.63, 3.8) is 0 Å². The highest BCUT2D eigenvalue weighted by atomic mass is 35.5. The van der Waals surface area contributed by atoms with Crippen LogP contribution in [0.25, 0.3) is 11.3 Å². The molecule has 3 rings (SSSR count). The molecule has 8 heteroatoms. The second-order valence-corrected chi connectivity index (χ2v) is 7.37. The molecule has 0 spiro atoms. The van der Waals surface area contributed by atoms with Crippen LogP contribution >= 0.6 is 11.6 Å². The van der Waals surface area contributed by atoms with Gasteiger partial charge in [-0.15, -0.1) is 0 Å². The smallest absolute Gasteiger partial charge is 0.265 e. The molecule has 130 valence electrons. The van der Waals surface area contributed by atoms with Gasteiger partial charge in [0.15, 0.2) is 5.76 Å². The summed E-state index contributed by atoms with van der Waals surface area (Å²) in [5, 5.41) is 4.12. The van der Waals surface area contributed by atoms with Gasteiger partial charge in [0.1, 0.15) is 10.6 Å². The number of ether oxygens (including phenoxy) is 1. The van der Waals surface area contributed by atoms with Crippen LogP contribution in [0.3, 0.4) is 0 Å². The Bertz CT molecular complexity index is 1000. The Hall–Kier alpha value is -2.51. The second-order valence-electron chi connectivity index (χ2n) is 5.31. The molecule has 0 aliphatic heterocycles. The van der Waals surface area contributed by atoms with E-state index in [1.54, 1.807) is 36.4 Å². The molecule has 6 nitrogen and oxygen atoms in total. The fourth-order valence-electron chi connectivity index (χ4n) is 2.27. The predicted molar refractivity (Wildman–Crippen MR) is 95.5 cm³/mol. The summed E-state index contributed by atoms with van der Waals surface area (Å²) in [6.45, 7) is 1.84. The van der Waals surface area contributed by atoms with E-state index >= 15 is 0 Å². The Morgan fingerprint density at radius 3 is 2.60 bits per heavy atom. The first-order chi connectivity index (χ1) is 11.9. The summed E-state index contributed by atoms with van der Waals surface area (Å²) in [4.78, 5) is 0.00922. The van der Waals surface area contributed by atoms with E-state index in [0.29, 0.717) is 22.0 Å². The summed E-state index contributed by atoms with van der Waals surface area (Å²) in [7, 11) is -2.45. The number of anilines is 1. The largest absolute Gasteiger partial charge is 0.495 e. The summed E-state index contributed by atoms with van der Waals surface area (Å²) in [6.07, 6.45) is 1.51. The normalized spacial score (nSPS) is 11.3. The summed E-state index contributed by atoms with van der Waals surface area (Å²) in [5.74, 6) is 0.708. The van der Waals surface area contributed by atoms with E-state index in [1.807, 2.05) is 6.92 Å². The van der Waals surface area contributed by atoms with Crippen molar-refractivity contribution in [3.8, 4) is 17.1 Å². The van der Waals surface area contributed by atoms with E-state index in [2.05, 4.69) is 9.88 Å². The number of methoxy groups -OCH3 is 1. The fraction of sp³-hybridized carbons (Fsp3) is 0.118. The average molecular weight is 379 g/mol. The molecule has 0 fully saturated rings. The first kappa shape index (κ1) is 17.3. The van der Waals surface area contributed by atoms with E-state index in [9.17, 15) is 8.42 Å². The van der Waals surface area contributed by atoms with Crippen LogP contribution in [-0.2, 0) is 10.0 Å². The van der Waals surface area contributed by atoms with Gasteiger partial charge in [-0.05, 0) is 42.8 Å². The van der Waals surface area contributed by atoms with Gasteiger partial charge in [0.05, 0.1) is 19.0 Å². The highest BCUT2D eigenvalue weighted by Crippen LogP contribution is 2.31. The van der Waals surface area contributed by atoms with E-state index in [4.69, 9.17) is 20.9 Å². The number of sulfonamides is 1. The van der Waals surface area contributed by atoms with E-state index in [1.165, 1.54) is 19.4 Å². The zero-order chi connectivity index (χ0) is 18.0. The summed E-state index contributed by atoms with van der Waals surface area (Å²) in [5.41, 5.74) is 1.89. The lowest BCUT2D eigenvalue weighted by Crippen LogP contribution is -2.14. The number of aryl methyl sites for hydroxylation is 1. The van der Waals surface area contributed by atoms with Crippen molar-refractivity contribution in [1.82, 2.24) is 5.16 Å². The summed E-state index contributed by atoms with van der Waals surface area (Å²) < 4.78 is 38.2. The zero-order valence-electron chi connectivity index (χ0n) is 13.5. The Kier molecular flexibility index (Phi) is 4.69. The molecule has 0 bridgehead atoms. The molecule has 0 atom stereocenters. The number of aromatic nitrogens is 1. The molecule has 0 unspecified atom stereocenters. The number of nitrogens with one attached hydrogen (secondary N) is 1. The van der Waals surface area contributed by atoms with Gasteiger partial charge < -0.3 is 9.26 Å². The Morgan fingerprint density at radius 2 is 1.96 bits per heavy atom. The lowest BCUT2D eigenvalue weighted by atomic mass is 10.1. The monoisotopic (exact) mass is 378 g/mol. The van der Waals surface area contributed by atoms with Crippen LogP contribution in [0.5, 0.6) is 5.75 Å². The quantitative estimate of drug-likeness (QED) is 0.722. The van der Waals surface area contributed by atoms with Crippen molar-refractivity contribution in [3.05, 3.63) is 59.2 Å². The van der Waals surface area contributed by atoms with Crippen molar-refractivity contribution in [2.75, 3.05) is 11.8 Å². The van der Waals surface area contributed by atoms with Crippen LogP contribution in [-0.4, -0.2) is 20.7 Å². The molecule has 1 aromatic heterocycles. The maximum absolute atomic E-state index is 12.7. The average Bonchev–Trinajstić information content (AvgIpc) is 3.12. The molecule has 25 heavy (non-hydrogen) atoms.